The number of hydrogen-bond acceptors (Lipinski definition) is 3. The van der Waals surface area contributed by atoms with Gasteiger partial charge < -0.3 is 14.6 Å². The highest BCUT2D eigenvalue weighted by molar-refractivity contribution is 5.92. The van der Waals surface area contributed by atoms with E-state index in [2.05, 4.69) is 0 Å². The third-order valence-electron chi connectivity index (χ3n) is 3.05. The molecule has 0 amide bonds. The van der Waals surface area contributed by atoms with Gasteiger partial charge in [0, 0.05) is 0 Å². The van der Waals surface area contributed by atoms with E-state index in [1.54, 1.807) is 12.1 Å². The van der Waals surface area contributed by atoms with Gasteiger partial charge in [0.2, 0.25) is 0 Å². The number of carboxylic acid groups (broad SMARTS) is 1. The molecule has 0 radical (unpaired) electrons. The zero-order valence-corrected chi connectivity index (χ0v) is 13.0. The first-order chi connectivity index (χ1) is 10.5. The second-order valence-corrected chi connectivity index (χ2v) is 5.14. The number of hydrogen-bond donors (Lipinski definition) is 1. The van der Waals surface area contributed by atoms with Gasteiger partial charge in [0.05, 0.1) is 12.7 Å². The molecule has 0 bridgehead atoms. The summed E-state index contributed by atoms with van der Waals surface area (Å²) in [5.74, 6) is 0.145. The van der Waals surface area contributed by atoms with E-state index < -0.39 is 5.97 Å². The van der Waals surface area contributed by atoms with E-state index in [4.69, 9.17) is 9.47 Å². The van der Waals surface area contributed by atoms with Crippen LogP contribution in [0.4, 0.5) is 0 Å². The van der Waals surface area contributed by atoms with Crippen molar-refractivity contribution in [2.75, 3.05) is 6.61 Å². The first-order valence-electron chi connectivity index (χ1n) is 7.28. The Labute approximate surface area is 130 Å². The predicted molar refractivity (Wildman–Crippen MR) is 85.8 cm³/mol. The molecule has 0 heterocycles. The first kappa shape index (κ1) is 15.9. The number of rotatable bonds is 6. The third-order valence-corrected chi connectivity index (χ3v) is 3.05. The highest BCUT2D eigenvalue weighted by Gasteiger charge is 2.13. The summed E-state index contributed by atoms with van der Waals surface area (Å²) in [6.45, 7) is 6.18. The van der Waals surface area contributed by atoms with Gasteiger partial charge in [-0.1, -0.05) is 18.2 Å². The molecule has 4 heteroatoms. The molecule has 0 saturated heterocycles. The summed E-state index contributed by atoms with van der Waals surface area (Å²) >= 11 is 0. The first-order valence-corrected chi connectivity index (χ1v) is 7.28. The summed E-state index contributed by atoms with van der Waals surface area (Å²) in [5.41, 5.74) is 1.88. The fraction of sp³-hybridized carbons (Fsp3) is 0.278. The SMILES string of the molecule is CCOc1ccc(-c2cccc(OC(C)C)c2)cc1C(=O)O. The van der Waals surface area contributed by atoms with Crippen LogP contribution >= 0.6 is 0 Å². The van der Waals surface area contributed by atoms with Crippen molar-refractivity contribution in [3.05, 3.63) is 48.0 Å². The number of carbonyl (C=O) groups is 1. The molecular weight excluding hydrogens is 280 g/mol. The van der Waals surface area contributed by atoms with E-state index >= 15 is 0 Å². The van der Waals surface area contributed by atoms with Crippen molar-refractivity contribution in [2.24, 2.45) is 0 Å². The average Bonchev–Trinajstić information content (AvgIpc) is 2.47. The Morgan fingerprint density at radius 1 is 1.14 bits per heavy atom. The van der Waals surface area contributed by atoms with Crippen LogP contribution in [0.25, 0.3) is 11.1 Å². The molecule has 0 fully saturated rings. The Balaban J connectivity index is 2.40. The number of carboxylic acids is 1. The second kappa shape index (κ2) is 6.98. The second-order valence-electron chi connectivity index (χ2n) is 5.14. The van der Waals surface area contributed by atoms with Crippen molar-refractivity contribution >= 4 is 5.97 Å². The predicted octanol–water partition coefficient (Wildman–Crippen LogP) is 4.24. The molecule has 2 rings (SSSR count). The van der Waals surface area contributed by atoms with E-state index in [1.165, 1.54) is 0 Å². The lowest BCUT2D eigenvalue weighted by molar-refractivity contribution is 0.0692. The molecule has 0 aromatic heterocycles. The van der Waals surface area contributed by atoms with Crippen molar-refractivity contribution < 1.29 is 19.4 Å². The lowest BCUT2D eigenvalue weighted by Gasteiger charge is -2.12. The molecular formula is C18H20O4. The quantitative estimate of drug-likeness (QED) is 0.867. The van der Waals surface area contributed by atoms with Crippen molar-refractivity contribution in [3.8, 4) is 22.6 Å². The Morgan fingerprint density at radius 3 is 2.50 bits per heavy atom. The molecule has 0 unspecified atom stereocenters. The zero-order chi connectivity index (χ0) is 16.1. The minimum atomic E-state index is -1.00. The Morgan fingerprint density at radius 2 is 1.86 bits per heavy atom. The Bertz CT molecular complexity index is 662. The maximum atomic E-state index is 11.4. The lowest BCUT2D eigenvalue weighted by atomic mass is 10.0. The van der Waals surface area contributed by atoms with Crippen LogP contribution in [0.5, 0.6) is 11.5 Å². The minimum absolute atomic E-state index is 0.0881. The molecule has 0 aliphatic rings. The van der Waals surface area contributed by atoms with E-state index in [1.807, 2.05) is 51.1 Å². The van der Waals surface area contributed by atoms with Crippen LogP contribution in [0.1, 0.15) is 31.1 Å². The molecule has 4 nitrogen and oxygen atoms in total. The van der Waals surface area contributed by atoms with E-state index in [9.17, 15) is 9.90 Å². The summed E-state index contributed by atoms with van der Waals surface area (Å²) in [6, 6.07) is 12.8. The largest absolute Gasteiger partial charge is 0.493 e. The highest BCUT2D eigenvalue weighted by Crippen LogP contribution is 2.29. The van der Waals surface area contributed by atoms with Crippen molar-refractivity contribution in [3.63, 3.8) is 0 Å². The van der Waals surface area contributed by atoms with Gasteiger partial charge in [0.15, 0.2) is 0 Å². The summed E-state index contributed by atoms with van der Waals surface area (Å²) in [5, 5.41) is 9.33. The average molecular weight is 300 g/mol. The molecule has 2 aromatic rings. The Kier molecular flexibility index (Phi) is 5.04. The van der Waals surface area contributed by atoms with Crippen molar-refractivity contribution in [2.45, 2.75) is 26.9 Å². The van der Waals surface area contributed by atoms with Gasteiger partial charge in [-0.3, -0.25) is 0 Å². The van der Waals surface area contributed by atoms with Crippen LogP contribution in [-0.4, -0.2) is 23.8 Å². The van der Waals surface area contributed by atoms with E-state index in [0.717, 1.165) is 16.9 Å². The minimum Gasteiger partial charge on any atom is -0.493 e. The standard InChI is InChI=1S/C18H20O4/c1-4-21-17-9-8-14(11-16(17)18(19)20)13-6-5-7-15(10-13)22-12(2)3/h5-12H,4H2,1-3H3,(H,19,20). The molecule has 1 N–H and O–H groups in total. The van der Waals surface area contributed by atoms with Gasteiger partial charge in [0.25, 0.3) is 0 Å². The van der Waals surface area contributed by atoms with Gasteiger partial charge in [-0.15, -0.1) is 0 Å². The molecule has 0 aliphatic heterocycles. The molecule has 0 spiro atoms. The number of ether oxygens (including phenoxy) is 2. The third kappa shape index (κ3) is 3.79. The van der Waals surface area contributed by atoms with Crippen LogP contribution in [0.15, 0.2) is 42.5 Å². The fourth-order valence-corrected chi connectivity index (χ4v) is 2.18. The van der Waals surface area contributed by atoms with Crippen molar-refractivity contribution in [1.29, 1.82) is 0 Å². The molecule has 2 aromatic carbocycles. The van der Waals surface area contributed by atoms with Crippen molar-refractivity contribution in [1.82, 2.24) is 0 Å². The number of aromatic carboxylic acids is 1. The van der Waals surface area contributed by atoms with Gasteiger partial charge >= 0.3 is 5.97 Å². The maximum absolute atomic E-state index is 11.4. The summed E-state index contributed by atoms with van der Waals surface area (Å²) < 4.78 is 11.0. The molecule has 22 heavy (non-hydrogen) atoms. The Hall–Kier alpha value is -2.49. The molecule has 0 saturated carbocycles. The van der Waals surface area contributed by atoms with Crippen LogP contribution in [0.3, 0.4) is 0 Å². The summed E-state index contributed by atoms with van der Waals surface area (Å²) in [6.07, 6.45) is 0.0881. The molecule has 0 aliphatic carbocycles. The van der Waals surface area contributed by atoms with Crippen LogP contribution in [-0.2, 0) is 0 Å². The smallest absolute Gasteiger partial charge is 0.339 e. The fourth-order valence-electron chi connectivity index (χ4n) is 2.18. The van der Waals surface area contributed by atoms with Crippen LogP contribution in [0, 0.1) is 0 Å². The summed E-state index contributed by atoms with van der Waals surface area (Å²) in [4.78, 5) is 11.4. The number of benzene rings is 2. The van der Waals surface area contributed by atoms with Gasteiger partial charge in [0.1, 0.15) is 17.1 Å². The molecule has 116 valence electrons. The van der Waals surface area contributed by atoms with Gasteiger partial charge in [-0.2, -0.15) is 0 Å². The monoisotopic (exact) mass is 300 g/mol. The van der Waals surface area contributed by atoms with Crippen LogP contribution < -0.4 is 9.47 Å². The van der Waals surface area contributed by atoms with E-state index in [0.29, 0.717) is 12.4 Å². The normalized spacial score (nSPS) is 10.5. The zero-order valence-electron chi connectivity index (χ0n) is 13.0. The molecule has 0 atom stereocenters. The van der Waals surface area contributed by atoms with Gasteiger partial charge in [-0.05, 0) is 56.2 Å². The van der Waals surface area contributed by atoms with E-state index in [-0.39, 0.29) is 11.7 Å². The lowest BCUT2D eigenvalue weighted by Crippen LogP contribution is -2.05. The van der Waals surface area contributed by atoms with Gasteiger partial charge in [-0.25, -0.2) is 4.79 Å². The van der Waals surface area contributed by atoms with Crippen LogP contribution in [0.2, 0.25) is 0 Å². The highest BCUT2D eigenvalue weighted by atomic mass is 16.5. The summed E-state index contributed by atoms with van der Waals surface area (Å²) in [7, 11) is 0. The topological polar surface area (TPSA) is 55.8 Å². The maximum Gasteiger partial charge on any atom is 0.339 e.